The average molecular weight is 416 g/mol. The van der Waals surface area contributed by atoms with Crippen LogP contribution in [-0.4, -0.2) is 21.0 Å². The second kappa shape index (κ2) is 6.30. The van der Waals surface area contributed by atoms with E-state index in [4.69, 9.17) is 9.47 Å². The fourth-order valence-corrected chi connectivity index (χ4v) is 3.69. The first-order chi connectivity index (χ1) is 12.8. The molecule has 0 fully saturated rings. The third-order valence-electron chi connectivity index (χ3n) is 4.60. The Bertz CT molecular complexity index is 1060. The molecule has 0 radical (unpaired) electrons. The lowest BCUT2D eigenvalue weighted by atomic mass is 9.84. The van der Waals surface area contributed by atoms with E-state index in [0.29, 0.717) is 11.3 Å². The summed E-state index contributed by atoms with van der Waals surface area (Å²) in [7, 11) is -4.21. The van der Waals surface area contributed by atoms with Crippen LogP contribution < -0.4 is 13.7 Å². The summed E-state index contributed by atoms with van der Waals surface area (Å²) < 4.78 is 76.4. The molecule has 0 aromatic heterocycles. The van der Waals surface area contributed by atoms with E-state index in [1.165, 1.54) is 13.0 Å². The predicted octanol–water partition coefficient (Wildman–Crippen LogP) is 4.83. The number of fused-ring (bicyclic) bond motifs is 3. The van der Waals surface area contributed by atoms with Gasteiger partial charge in [-0.3, -0.25) is 0 Å². The van der Waals surface area contributed by atoms with Gasteiger partial charge in [-0.15, -0.1) is 0 Å². The number of aryl methyl sites for hydroxylation is 2. The van der Waals surface area contributed by atoms with Crippen molar-refractivity contribution in [2.24, 2.45) is 0 Å². The highest BCUT2D eigenvalue weighted by Crippen LogP contribution is 2.49. The Kier molecular flexibility index (Phi) is 4.57. The van der Waals surface area contributed by atoms with Crippen molar-refractivity contribution in [2.45, 2.75) is 38.8 Å². The maximum Gasteiger partial charge on any atom is 0.534 e. The number of hydrogen-bond acceptors (Lipinski definition) is 5. The number of benzene rings is 2. The highest BCUT2D eigenvalue weighted by Gasteiger charge is 2.49. The predicted molar refractivity (Wildman–Crippen MR) is 97.2 cm³/mol. The molecule has 1 heterocycles. The molecule has 0 saturated heterocycles. The molecular formula is C19H19F3O5S. The van der Waals surface area contributed by atoms with Gasteiger partial charge in [0, 0.05) is 17.2 Å². The van der Waals surface area contributed by atoms with Gasteiger partial charge in [0.1, 0.15) is 22.8 Å². The second-order valence-corrected chi connectivity index (χ2v) is 8.61. The quantitative estimate of drug-likeness (QED) is 0.530. The summed E-state index contributed by atoms with van der Waals surface area (Å²) in [6, 6.07) is 6.50. The van der Waals surface area contributed by atoms with Crippen LogP contribution in [-0.2, 0) is 15.7 Å². The lowest BCUT2D eigenvalue weighted by molar-refractivity contribution is -0.0500. The Hall–Kier alpha value is -2.42. The SMILES string of the molecule is COc1cc2c(cc1C)-c1cc(C)c(OS(=O)(=O)C(F)(F)F)cc1OC2(C)C. The third-order valence-corrected chi connectivity index (χ3v) is 5.56. The molecule has 1 aliphatic heterocycles. The molecule has 0 unspecified atom stereocenters. The molecule has 0 saturated carbocycles. The van der Waals surface area contributed by atoms with Gasteiger partial charge in [0.2, 0.25) is 0 Å². The minimum Gasteiger partial charge on any atom is -0.496 e. The Morgan fingerprint density at radius 1 is 0.964 bits per heavy atom. The first kappa shape index (κ1) is 20.3. The summed E-state index contributed by atoms with van der Waals surface area (Å²) in [4.78, 5) is 0. The molecule has 0 N–H and O–H groups in total. The lowest BCUT2D eigenvalue weighted by Crippen LogP contribution is -2.30. The third kappa shape index (κ3) is 3.28. The van der Waals surface area contributed by atoms with Crippen molar-refractivity contribution in [2.75, 3.05) is 7.11 Å². The maximum atomic E-state index is 12.7. The largest absolute Gasteiger partial charge is 0.534 e. The summed E-state index contributed by atoms with van der Waals surface area (Å²) >= 11 is 0. The molecule has 0 spiro atoms. The van der Waals surface area contributed by atoms with Gasteiger partial charge >= 0.3 is 15.6 Å². The van der Waals surface area contributed by atoms with Gasteiger partial charge in [-0.25, -0.2) is 0 Å². The second-order valence-electron chi connectivity index (χ2n) is 7.08. The summed E-state index contributed by atoms with van der Waals surface area (Å²) in [6.07, 6.45) is 0. The van der Waals surface area contributed by atoms with E-state index >= 15 is 0 Å². The van der Waals surface area contributed by atoms with E-state index in [0.717, 1.165) is 16.7 Å². The molecule has 0 atom stereocenters. The van der Waals surface area contributed by atoms with Crippen LogP contribution in [0.15, 0.2) is 24.3 Å². The van der Waals surface area contributed by atoms with E-state index in [2.05, 4.69) is 4.18 Å². The summed E-state index contributed by atoms with van der Waals surface area (Å²) in [5, 5.41) is 0. The van der Waals surface area contributed by atoms with Crippen molar-refractivity contribution < 1.29 is 35.2 Å². The number of methoxy groups -OCH3 is 1. The van der Waals surface area contributed by atoms with Gasteiger partial charge in [0.25, 0.3) is 0 Å². The van der Waals surface area contributed by atoms with Gasteiger partial charge < -0.3 is 13.7 Å². The van der Waals surface area contributed by atoms with E-state index in [1.807, 2.05) is 19.1 Å². The highest BCUT2D eigenvalue weighted by molar-refractivity contribution is 7.88. The molecule has 9 heteroatoms. The van der Waals surface area contributed by atoms with E-state index in [-0.39, 0.29) is 11.3 Å². The topological polar surface area (TPSA) is 61.8 Å². The zero-order valence-electron chi connectivity index (χ0n) is 15.9. The Morgan fingerprint density at radius 3 is 2.11 bits per heavy atom. The Balaban J connectivity index is 2.17. The lowest BCUT2D eigenvalue weighted by Gasteiger charge is -2.36. The number of rotatable bonds is 3. The fraction of sp³-hybridized carbons (Fsp3) is 0.368. The first-order valence-electron chi connectivity index (χ1n) is 8.31. The molecular weight excluding hydrogens is 397 g/mol. The smallest absolute Gasteiger partial charge is 0.496 e. The molecule has 28 heavy (non-hydrogen) atoms. The van der Waals surface area contributed by atoms with Crippen molar-refractivity contribution in [1.29, 1.82) is 0 Å². The molecule has 0 bridgehead atoms. The van der Waals surface area contributed by atoms with Crippen molar-refractivity contribution in [1.82, 2.24) is 0 Å². The normalized spacial score (nSPS) is 15.3. The van der Waals surface area contributed by atoms with Gasteiger partial charge in [-0.2, -0.15) is 21.6 Å². The van der Waals surface area contributed by atoms with E-state index < -0.39 is 27.0 Å². The van der Waals surface area contributed by atoms with Crippen LogP contribution in [0.2, 0.25) is 0 Å². The molecule has 2 aromatic carbocycles. The standard InChI is InChI=1S/C19H19F3O5S/c1-10-6-12-13-7-11(2)16(27-28(23,24)19(20,21)22)9-17(13)26-18(3,4)14(12)8-15(10)25-5/h6-9H,1-5H3. The molecule has 152 valence electrons. The highest BCUT2D eigenvalue weighted by atomic mass is 32.2. The minimum absolute atomic E-state index is 0.231. The number of hydrogen-bond donors (Lipinski definition) is 0. The number of ether oxygens (including phenoxy) is 2. The Morgan fingerprint density at radius 2 is 1.54 bits per heavy atom. The molecule has 2 aromatic rings. The summed E-state index contributed by atoms with van der Waals surface area (Å²) in [6.45, 7) is 6.95. The van der Waals surface area contributed by atoms with Crippen LogP contribution >= 0.6 is 0 Å². The summed E-state index contributed by atoms with van der Waals surface area (Å²) in [5.74, 6) is 0.493. The van der Waals surface area contributed by atoms with Crippen molar-refractivity contribution in [3.05, 3.63) is 41.0 Å². The van der Waals surface area contributed by atoms with Crippen molar-refractivity contribution in [3.8, 4) is 28.4 Å². The Labute approximate surface area is 161 Å². The van der Waals surface area contributed by atoms with Crippen LogP contribution in [0.3, 0.4) is 0 Å². The van der Waals surface area contributed by atoms with Crippen molar-refractivity contribution >= 4 is 10.1 Å². The van der Waals surface area contributed by atoms with Gasteiger partial charge in [0.05, 0.1) is 7.11 Å². The monoisotopic (exact) mass is 416 g/mol. The van der Waals surface area contributed by atoms with E-state index in [1.54, 1.807) is 27.0 Å². The van der Waals surface area contributed by atoms with Crippen LogP contribution in [0.4, 0.5) is 13.2 Å². The molecule has 3 rings (SSSR count). The minimum atomic E-state index is -5.78. The molecule has 1 aliphatic rings. The van der Waals surface area contributed by atoms with Gasteiger partial charge in [-0.05, 0) is 62.6 Å². The average Bonchev–Trinajstić information content (AvgIpc) is 2.54. The first-order valence-corrected chi connectivity index (χ1v) is 9.71. The number of halogens is 3. The van der Waals surface area contributed by atoms with Crippen LogP contribution in [0.25, 0.3) is 11.1 Å². The van der Waals surface area contributed by atoms with Crippen LogP contribution in [0, 0.1) is 13.8 Å². The van der Waals surface area contributed by atoms with Gasteiger partial charge in [-0.1, -0.05) is 0 Å². The van der Waals surface area contributed by atoms with Crippen LogP contribution in [0.5, 0.6) is 17.2 Å². The zero-order chi connectivity index (χ0) is 21.1. The van der Waals surface area contributed by atoms with E-state index in [9.17, 15) is 21.6 Å². The maximum absolute atomic E-state index is 12.7. The fourth-order valence-electron chi connectivity index (χ4n) is 3.18. The van der Waals surface area contributed by atoms with Crippen molar-refractivity contribution in [3.63, 3.8) is 0 Å². The molecule has 0 aliphatic carbocycles. The summed E-state index contributed by atoms with van der Waals surface area (Å²) in [5.41, 5.74) is -2.92. The van der Waals surface area contributed by atoms with Gasteiger partial charge in [0.15, 0.2) is 0 Å². The zero-order valence-corrected chi connectivity index (χ0v) is 16.7. The van der Waals surface area contributed by atoms with Crippen LogP contribution in [0.1, 0.15) is 30.5 Å². The number of alkyl halides is 3. The molecule has 5 nitrogen and oxygen atoms in total. The molecule has 0 amide bonds.